The summed E-state index contributed by atoms with van der Waals surface area (Å²) in [7, 11) is 0. The van der Waals surface area contributed by atoms with E-state index in [1.165, 1.54) is 57.6 Å². The molecule has 3 nitrogen and oxygen atoms in total. The zero-order valence-corrected chi connectivity index (χ0v) is 18.2. The van der Waals surface area contributed by atoms with Crippen LogP contribution in [0.5, 0.6) is 5.75 Å². The lowest BCUT2D eigenvalue weighted by molar-refractivity contribution is 0.241. The van der Waals surface area contributed by atoms with Crippen LogP contribution in [0.3, 0.4) is 0 Å². The number of nitriles is 1. The van der Waals surface area contributed by atoms with Crippen LogP contribution < -0.4 is 4.74 Å². The Morgan fingerprint density at radius 3 is 1.63 bits per heavy atom. The SMILES string of the molecule is C=COCCCCCCCCCCCCOc1ccc(-c2ccc(C#N)cc2)cc1. The van der Waals surface area contributed by atoms with E-state index in [0.717, 1.165) is 42.9 Å². The summed E-state index contributed by atoms with van der Waals surface area (Å²) < 4.78 is 11.0. The average Bonchev–Trinajstić information content (AvgIpc) is 2.80. The van der Waals surface area contributed by atoms with Gasteiger partial charge < -0.3 is 9.47 Å². The third kappa shape index (κ3) is 9.65. The van der Waals surface area contributed by atoms with Crippen molar-refractivity contribution in [2.45, 2.75) is 64.2 Å². The summed E-state index contributed by atoms with van der Waals surface area (Å²) in [5.41, 5.74) is 2.93. The van der Waals surface area contributed by atoms with Gasteiger partial charge in [-0.05, 0) is 48.2 Å². The zero-order valence-electron chi connectivity index (χ0n) is 18.2. The molecule has 0 spiro atoms. The Labute approximate surface area is 182 Å². The van der Waals surface area contributed by atoms with Gasteiger partial charge in [0.15, 0.2) is 0 Å². The summed E-state index contributed by atoms with van der Waals surface area (Å²) >= 11 is 0. The molecular weight excluding hydrogens is 370 g/mol. The van der Waals surface area contributed by atoms with E-state index in [9.17, 15) is 0 Å². The van der Waals surface area contributed by atoms with Gasteiger partial charge in [-0.15, -0.1) is 0 Å². The van der Waals surface area contributed by atoms with Crippen molar-refractivity contribution in [1.29, 1.82) is 5.26 Å². The Balaban J connectivity index is 1.47. The minimum atomic E-state index is 0.684. The van der Waals surface area contributed by atoms with Gasteiger partial charge in [-0.3, -0.25) is 0 Å². The molecule has 2 aromatic rings. The van der Waals surface area contributed by atoms with Crippen molar-refractivity contribution in [1.82, 2.24) is 0 Å². The molecule has 0 unspecified atom stereocenters. The maximum Gasteiger partial charge on any atom is 0.119 e. The first kappa shape index (κ1) is 23.5. The van der Waals surface area contributed by atoms with Crippen molar-refractivity contribution in [2.24, 2.45) is 0 Å². The van der Waals surface area contributed by atoms with E-state index in [1.54, 1.807) is 0 Å². The van der Waals surface area contributed by atoms with Crippen LogP contribution >= 0.6 is 0 Å². The molecule has 0 amide bonds. The van der Waals surface area contributed by atoms with Crippen molar-refractivity contribution in [3.63, 3.8) is 0 Å². The molecule has 0 saturated carbocycles. The molecule has 0 bridgehead atoms. The Bertz CT molecular complexity index is 744. The minimum Gasteiger partial charge on any atom is -0.502 e. The standard InChI is InChI=1S/C27H35NO2/c1-2-29-21-11-9-7-5-3-4-6-8-10-12-22-30-27-19-17-26(18-20-27)25-15-13-24(23-28)14-16-25/h2,13-20H,1,3-12,21-22H2. The highest BCUT2D eigenvalue weighted by Crippen LogP contribution is 2.23. The number of ether oxygens (including phenoxy) is 2. The maximum atomic E-state index is 8.89. The lowest BCUT2D eigenvalue weighted by Gasteiger charge is -2.08. The molecule has 160 valence electrons. The highest BCUT2D eigenvalue weighted by atomic mass is 16.5. The van der Waals surface area contributed by atoms with Gasteiger partial charge in [-0.1, -0.05) is 82.2 Å². The van der Waals surface area contributed by atoms with E-state index >= 15 is 0 Å². The van der Waals surface area contributed by atoms with Crippen molar-refractivity contribution in [3.8, 4) is 22.9 Å². The lowest BCUT2D eigenvalue weighted by atomic mass is 10.0. The number of unbranched alkanes of at least 4 members (excludes halogenated alkanes) is 9. The second-order valence-electron chi connectivity index (χ2n) is 7.63. The first-order valence-corrected chi connectivity index (χ1v) is 11.3. The normalized spacial score (nSPS) is 10.4. The van der Waals surface area contributed by atoms with Crippen LogP contribution in [-0.4, -0.2) is 13.2 Å². The molecule has 0 fully saturated rings. The second-order valence-corrected chi connectivity index (χ2v) is 7.63. The van der Waals surface area contributed by atoms with E-state index in [-0.39, 0.29) is 0 Å². The Hall–Kier alpha value is -2.73. The van der Waals surface area contributed by atoms with Crippen LogP contribution in [0.15, 0.2) is 61.4 Å². The lowest BCUT2D eigenvalue weighted by Crippen LogP contribution is -1.97. The van der Waals surface area contributed by atoms with E-state index in [0.29, 0.717) is 5.56 Å². The van der Waals surface area contributed by atoms with Crippen molar-refractivity contribution < 1.29 is 9.47 Å². The quantitative estimate of drug-likeness (QED) is 0.212. The predicted molar refractivity (Wildman–Crippen MR) is 124 cm³/mol. The Morgan fingerprint density at radius 1 is 0.667 bits per heavy atom. The van der Waals surface area contributed by atoms with Crippen LogP contribution in [0.2, 0.25) is 0 Å². The van der Waals surface area contributed by atoms with Crippen LogP contribution in [0.25, 0.3) is 11.1 Å². The first-order valence-electron chi connectivity index (χ1n) is 11.3. The summed E-state index contributed by atoms with van der Waals surface area (Å²) in [5.74, 6) is 0.922. The summed E-state index contributed by atoms with van der Waals surface area (Å²) in [6.45, 7) is 5.14. The fourth-order valence-electron chi connectivity index (χ4n) is 3.46. The molecule has 0 N–H and O–H groups in total. The molecule has 30 heavy (non-hydrogen) atoms. The van der Waals surface area contributed by atoms with Crippen LogP contribution in [-0.2, 0) is 4.74 Å². The van der Waals surface area contributed by atoms with Gasteiger partial charge >= 0.3 is 0 Å². The molecule has 2 rings (SSSR count). The third-order valence-electron chi connectivity index (χ3n) is 5.24. The van der Waals surface area contributed by atoms with Gasteiger partial charge in [-0.2, -0.15) is 5.26 Å². The first-order chi connectivity index (χ1) is 14.8. The Morgan fingerprint density at radius 2 is 1.13 bits per heavy atom. The van der Waals surface area contributed by atoms with Gasteiger partial charge in [0.25, 0.3) is 0 Å². The molecule has 0 aliphatic carbocycles. The van der Waals surface area contributed by atoms with E-state index in [4.69, 9.17) is 14.7 Å². The van der Waals surface area contributed by atoms with Crippen molar-refractivity contribution in [2.75, 3.05) is 13.2 Å². The van der Waals surface area contributed by atoms with Crippen molar-refractivity contribution >= 4 is 0 Å². The van der Waals surface area contributed by atoms with Crippen molar-refractivity contribution in [3.05, 3.63) is 66.9 Å². The molecule has 0 heterocycles. The van der Waals surface area contributed by atoms with Gasteiger partial charge in [0, 0.05) is 0 Å². The smallest absolute Gasteiger partial charge is 0.119 e. The number of hydrogen-bond donors (Lipinski definition) is 0. The largest absolute Gasteiger partial charge is 0.502 e. The monoisotopic (exact) mass is 405 g/mol. The van der Waals surface area contributed by atoms with Crippen LogP contribution in [0.1, 0.15) is 69.8 Å². The predicted octanol–water partition coefficient (Wildman–Crippen LogP) is 7.67. The third-order valence-corrected chi connectivity index (χ3v) is 5.24. The molecule has 0 atom stereocenters. The van der Waals surface area contributed by atoms with E-state index in [1.807, 2.05) is 36.4 Å². The molecular formula is C27H35NO2. The molecule has 0 aliphatic rings. The molecule has 2 aromatic carbocycles. The molecule has 0 radical (unpaired) electrons. The van der Waals surface area contributed by atoms with Gasteiger partial charge in [0.2, 0.25) is 0 Å². The molecule has 0 saturated heterocycles. The van der Waals surface area contributed by atoms with Gasteiger partial charge in [-0.25, -0.2) is 0 Å². The summed E-state index contributed by atoms with van der Waals surface area (Å²) in [5, 5.41) is 8.89. The minimum absolute atomic E-state index is 0.684. The fraction of sp³-hybridized carbons (Fsp3) is 0.444. The van der Waals surface area contributed by atoms with E-state index in [2.05, 4.69) is 24.8 Å². The highest BCUT2D eigenvalue weighted by molar-refractivity contribution is 5.64. The van der Waals surface area contributed by atoms with Gasteiger partial charge in [0.05, 0.1) is 31.1 Å². The zero-order chi connectivity index (χ0) is 21.3. The fourth-order valence-corrected chi connectivity index (χ4v) is 3.46. The van der Waals surface area contributed by atoms with Crippen LogP contribution in [0.4, 0.5) is 0 Å². The number of nitrogens with zero attached hydrogens (tertiary/aromatic N) is 1. The van der Waals surface area contributed by atoms with E-state index < -0.39 is 0 Å². The summed E-state index contributed by atoms with van der Waals surface area (Å²) in [6, 6.07) is 18.0. The maximum absolute atomic E-state index is 8.89. The highest BCUT2D eigenvalue weighted by Gasteiger charge is 2.00. The summed E-state index contributed by atoms with van der Waals surface area (Å²) in [4.78, 5) is 0. The number of hydrogen-bond acceptors (Lipinski definition) is 3. The topological polar surface area (TPSA) is 42.2 Å². The molecule has 0 aromatic heterocycles. The van der Waals surface area contributed by atoms with Gasteiger partial charge in [0.1, 0.15) is 5.75 Å². The Kier molecular flexibility index (Phi) is 11.9. The number of rotatable bonds is 16. The second kappa shape index (κ2) is 15.2. The average molecular weight is 406 g/mol. The summed E-state index contributed by atoms with van der Waals surface area (Å²) in [6.07, 6.45) is 14.3. The molecule has 3 heteroatoms. The molecule has 0 aliphatic heterocycles. The number of benzene rings is 2. The van der Waals surface area contributed by atoms with Crippen LogP contribution in [0, 0.1) is 11.3 Å².